The van der Waals surface area contributed by atoms with Crippen molar-refractivity contribution in [3.63, 3.8) is 0 Å². The Balaban J connectivity index is 1.69. The lowest BCUT2D eigenvalue weighted by atomic mass is 9.40. The molecular formula is C16H24N4S. The van der Waals surface area contributed by atoms with E-state index in [0.717, 1.165) is 18.2 Å². The molecule has 4 saturated carbocycles. The molecule has 5 rings (SSSR count). The fourth-order valence-corrected chi connectivity index (χ4v) is 6.98. The molecule has 0 amide bonds. The van der Waals surface area contributed by atoms with Crippen LogP contribution in [0.4, 0.5) is 5.95 Å². The topological polar surface area (TPSA) is 67.6 Å². The first-order chi connectivity index (χ1) is 9.77. The second-order valence-electron chi connectivity index (χ2n) is 8.77. The highest BCUT2D eigenvalue weighted by atomic mass is 32.1. The standard InChI is InChI=1S/C16H24N4S/c1-14-3-10-4-15(2,7-14)9-16(5-10,8-14)6-11-18-12(17)20-13(21)19-11/h10H,3-9H2,1-2H3,(H3,17,18,19,20,21). The Hall–Kier alpha value is -0.970. The van der Waals surface area contributed by atoms with E-state index in [4.69, 9.17) is 18.0 Å². The molecule has 0 radical (unpaired) electrons. The van der Waals surface area contributed by atoms with E-state index in [0.29, 0.717) is 27.0 Å². The molecule has 0 aliphatic heterocycles. The lowest BCUT2D eigenvalue weighted by Crippen LogP contribution is -2.55. The van der Waals surface area contributed by atoms with Crippen molar-refractivity contribution in [2.75, 3.05) is 5.73 Å². The minimum Gasteiger partial charge on any atom is -0.369 e. The molecule has 0 spiro atoms. The van der Waals surface area contributed by atoms with Crippen molar-refractivity contribution in [1.82, 2.24) is 15.0 Å². The number of nitrogens with two attached hydrogens (primary N) is 1. The molecule has 1 aromatic rings. The lowest BCUT2D eigenvalue weighted by Gasteiger charge is -2.65. The zero-order valence-electron chi connectivity index (χ0n) is 12.9. The van der Waals surface area contributed by atoms with Crippen LogP contribution in [0.15, 0.2) is 0 Å². The number of anilines is 1. The van der Waals surface area contributed by atoms with Gasteiger partial charge in [0.05, 0.1) is 0 Å². The molecule has 1 heterocycles. The fourth-order valence-electron chi connectivity index (χ4n) is 6.77. The fraction of sp³-hybridized carbons (Fsp3) is 0.812. The quantitative estimate of drug-likeness (QED) is 0.818. The van der Waals surface area contributed by atoms with Crippen molar-refractivity contribution in [2.45, 2.75) is 58.8 Å². The summed E-state index contributed by atoms with van der Waals surface area (Å²) >= 11 is 5.12. The number of H-pyrrole nitrogens is 1. The summed E-state index contributed by atoms with van der Waals surface area (Å²) < 4.78 is 0.364. The van der Waals surface area contributed by atoms with E-state index in [1.807, 2.05) is 0 Å². The number of aromatic amines is 1. The SMILES string of the molecule is CC12CC3CC(C)(C1)CC(Cc1nc(=S)nc(N)[nH]1)(C3)C2. The number of hydrogen-bond donors (Lipinski definition) is 2. The summed E-state index contributed by atoms with van der Waals surface area (Å²) in [6.45, 7) is 5.00. The molecule has 114 valence electrons. The number of nitrogens with zero attached hydrogens (tertiary/aromatic N) is 2. The van der Waals surface area contributed by atoms with E-state index in [9.17, 15) is 0 Å². The van der Waals surface area contributed by atoms with Crippen molar-refractivity contribution in [3.8, 4) is 0 Å². The summed E-state index contributed by atoms with van der Waals surface area (Å²) in [6.07, 6.45) is 9.24. The van der Waals surface area contributed by atoms with Crippen molar-refractivity contribution >= 4 is 18.2 Å². The Morgan fingerprint density at radius 2 is 1.81 bits per heavy atom. The molecule has 2 unspecified atom stereocenters. The second-order valence-corrected chi connectivity index (χ2v) is 9.14. The van der Waals surface area contributed by atoms with E-state index in [-0.39, 0.29) is 0 Å². The van der Waals surface area contributed by atoms with Gasteiger partial charge in [-0.2, -0.15) is 4.98 Å². The van der Waals surface area contributed by atoms with Crippen LogP contribution in [0.2, 0.25) is 0 Å². The molecule has 0 aromatic carbocycles. The molecule has 4 fully saturated rings. The van der Waals surface area contributed by atoms with Gasteiger partial charge in [-0.3, -0.25) is 0 Å². The normalized spacial score (nSPS) is 44.2. The zero-order chi connectivity index (χ0) is 14.9. The Labute approximate surface area is 131 Å². The molecule has 3 N–H and O–H groups in total. The molecule has 5 heteroatoms. The number of aromatic nitrogens is 3. The van der Waals surface area contributed by atoms with Crippen molar-refractivity contribution in [3.05, 3.63) is 10.6 Å². The Kier molecular flexibility index (Phi) is 2.64. The summed E-state index contributed by atoms with van der Waals surface area (Å²) in [5, 5.41) is 0. The van der Waals surface area contributed by atoms with Gasteiger partial charge in [0.2, 0.25) is 10.7 Å². The largest absolute Gasteiger partial charge is 0.369 e. The van der Waals surface area contributed by atoms with Gasteiger partial charge < -0.3 is 10.7 Å². The van der Waals surface area contributed by atoms with Crippen molar-refractivity contribution in [2.24, 2.45) is 22.2 Å². The van der Waals surface area contributed by atoms with Crippen LogP contribution in [0, 0.1) is 26.9 Å². The summed E-state index contributed by atoms with van der Waals surface area (Å²) in [5.74, 6) is 2.23. The number of hydrogen-bond acceptors (Lipinski definition) is 4. The maximum absolute atomic E-state index is 5.81. The maximum Gasteiger partial charge on any atom is 0.224 e. The van der Waals surface area contributed by atoms with Gasteiger partial charge in [0.25, 0.3) is 0 Å². The highest BCUT2D eigenvalue weighted by Crippen LogP contribution is 2.70. The molecule has 1 aromatic heterocycles. The van der Waals surface area contributed by atoms with E-state index >= 15 is 0 Å². The summed E-state index contributed by atoms with van der Waals surface area (Å²) in [5.41, 5.74) is 7.26. The van der Waals surface area contributed by atoms with Crippen molar-refractivity contribution in [1.29, 1.82) is 0 Å². The molecule has 4 bridgehead atoms. The van der Waals surface area contributed by atoms with Gasteiger partial charge in [0.1, 0.15) is 5.82 Å². The average molecular weight is 304 g/mol. The Morgan fingerprint density at radius 3 is 2.38 bits per heavy atom. The van der Waals surface area contributed by atoms with Crippen LogP contribution < -0.4 is 5.73 Å². The van der Waals surface area contributed by atoms with Gasteiger partial charge in [0, 0.05) is 6.42 Å². The highest BCUT2D eigenvalue weighted by molar-refractivity contribution is 7.71. The Morgan fingerprint density at radius 1 is 1.14 bits per heavy atom. The first-order valence-corrected chi connectivity index (χ1v) is 8.41. The third-order valence-corrected chi connectivity index (χ3v) is 6.19. The highest BCUT2D eigenvalue weighted by Gasteiger charge is 2.59. The maximum atomic E-state index is 5.81. The predicted octanol–water partition coefficient (Wildman–Crippen LogP) is 3.66. The van der Waals surface area contributed by atoms with Gasteiger partial charge in [0.15, 0.2) is 0 Å². The van der Waals surface area contributed by atoms with Crippen LogP contribution in [0.1, 0.15) is 58.2 Å². The van der Waals surface area contributed by atoms with E-state index in [1.165, 1.54) is 38.5 Å². The Bertz CT molecular complexity index is 634. The molecule has 21 heavy (non-hydrogen) atoms. The molecule has 4 aliphatic carbocycles. The van der Waals surface area contributed by atoms with Crippen LogP contribution >= 0.6 is 12.2 Å². The van der Waals surface area contributed by atoms with E-state index in [1.54, 1.807) is 0 Å². The predicted molar refractivity (Wildman–Crippen MR) is 85.2 cm³/mol. The lowest BCUT2D eigenvalue weighted by molar-refractivity contribution is -0.144. The van der Waals surface area contributed by atoms with Gasteiger partial charge in [-0.25, -0.2) is 4.98 Å². The number of rotatable bonds is 2. The second kappa shape index (κ2) is 4.06. The van der Waals surface area contributed by atoms with Crippen LogP contribution in [-0.2, 0) is 6.42 Å². The van der Waals surface area contributed by atoms with Crippen LogP contribution in [-0.4, -0.2) is 15.0 Å². The zero-order valence-corrected chi connectivity index (χ0v) is 13.7. The summed E-state index contributed by atoms with van der Waals surface area (Å²) in [7, 11) is 0. The molecule has 4 nitrogen and oxygen atoms in total. The first kappa shape index (κ1) is 13.7. The van der Waals surface area contributed by atoms with Gasteiger partial charge in [-0.15, -0.1) is 0 Å². The molecule has 0 saturated heterocycles. The minimum absolute atomic E-state index is 0.364. The number of nitrogen functional groups attached to an aromatic ring is 1. The smallest absolute Gasteiger partial charge is 0.224 e. The van der Waals surface area contributed by atoms with Crippen molar-refractivity contribution < 1.29 is 0 Å². The summed E-state index contributed by atoms with van der Waals surface area (Å²) in [6, 6.07) is 0. The monoisotopic (exact) mass is 304 g/mol. The van der Waals surface area contributed by atoms with E-state index < -0.39 is 0 Å². The van der Waals surface area contributed by atoms with Gasteiger partial charge >= 0.3 is 0 Å². The van der Waals surface area contributed by atoms with Gasteiger partial charge in [-0.05, 0) is 72.9 Å². The third-order valence-electron chi connectivity index (χ3n) is 6.00. The van der Waals surface area contributed by atoms with Crippen LogP contribution in [0.25, 0.3) is 0 Å². The third kappa shape index (κ3) is 2.30. The minimum atomic E-state index is 0.364. The number of nitrogens with one attached hydrogen (secondary N) is 1. The molecule has 2 atom stereocenters. The first-order valence-electron chi connectivity index (χ1n) is 8.00. The molecular weight excluding hydrogens is 280 g/mol. The molecule has 4 aliphatic rings. The van der Waals surface area contributed by atoms with Gasteiger partial charge in [-0.1, -0.05) is 13.8 Å². The van der Waals surface area contributed by atoms with Crippen LogP contribution in [0.5, 0.6) is 0 Å². The average Bonchev–Trinajstić information content (AvgIpc) is 2.19. The van der Waals surface area contributed by atoms with E-state index in [2.05, 4.69) is 28.8 Å². The summed E-state index contributed by atoms with van der Waals surface area (Å²) in [4.78, 5) is 11.5. The van der Waals surface area contributed by atoms with Crippen LogP contribution in [0.3, 0.4) is 0 Å².